The first-order valence-electron chi connectivity index (χ1n) is 7.95. The molecule has 6 nitrogen and oxygen atoms in total. The van der Waals surface area contributed by atoms with Crippen LogP contribution < -0.4 is 16.4 Å². The van der Waals surface area contributed by atoms with Crippen molar-refractivity contribution in [2.75, 3.05) is 18.5 Å². The van der Waals surface area contributed by atoms with Crippen molar-refractivity contribution in [3.05, 3.63) is 29.3 Å². The molecule has 0 aromatic heterocycles. The van der Waals surface area contributed by atoms with Gasteiger partial charge >= 0.3 is 0 Å². The number of amides is 2. The fourth-order valence-corrected chi connectivity index (χ4v) is 3.00. The van der Waals surface area contributed by atoms with E-state index in [-0.39, 0.29) is 36.9 Å². The molecule has 1 saturated carbocycles. The molecular formula is C17H25Cl2N3O3. The zero-order valence-electron chi connectivity index (χ0n) is 14.6. The Balaban J connectivity index is 0.00000312. The van der Waals surface area contributed by atoms with Crippen molar-refractivity contribution in [2.45, 2.75) is 38.8 Å². The van der Waals surface area contributed by atoms with Crippen LogP contribution in [-0.2, 0) is 14.3 Å². The van der Waals surface area contributed by atoms with Crippen molar-refractivity contribution >= 4 is 41.5 Å². The van der Waals surface area contributed by atoms with Gasteiger partial charge in [0.05, 0.1) is 12.6 Å². The van der Waals surface area contributed by atoms with E-state index in [1.54, 1.807) is 24.3 Å². The van der Waals surface area contributed by atoms with Crippen LogP contribution in [0.3, 0.4) is 0 Å². The molecule has 1 aliphatic carbocycles. The lowest BCUT2D eigenvalue weighted by Gasteiger charge is -2.57. The number of halogens is 2. The highest BCUT2D eigenvalue weighted by Crippen LogP contribution is 2.49. The number of hydrogen-bond acceptors (Lipinski definition) is 4. The summed E-state index contributed by atoms with van der Waals surface area (Å²) < 4.78 is 5.60. The Labute approximate surface area is 159 Å². The van der Waals surface area contributed by atoms with Crippen LogP contribution in [0, 0.1) is 5.41 Å². The van der Waals surface area contributed by atoms with E-state index in [2.05, 4.69) is 10.6 Å². The standard InChI is InChI=1S/C17H24ClN3O3.ClH/c1-4-24-13-9-17(19,16(13,2)3)15(23)20-10-14(22)21-12-7-5-11(18)6-8-12;/h5-8,13H,4,9-10,19H2,1-3H3,(H,20,23)(H,21,22);1H. The molecule has 1 aromatic carbocycles. The number of anilines is 1. The van der Waals surface area contributed by atoms with E-state index in [0.717, 1.165) is 0 Å². The quantitative estimate of drug-likeness (QED) is 0.695. The number of nitrogens with one attached hydrogen (secondary N) is 2. The fourth-order valence-electron chi connectivity index (χ4n) is 2.88. The number of rotatable bonds is 6. The summed E-state index contributed by atoms with van der Waals surface area (Å²) in [5, 5.41) is 5.89. The van der Waals surface area contributed by atoms with Crippen LogP contribution in [0.25, 0.3) is 0 Å². The van der Waals surface area contributed by atoms with Gasteiger partial charge in [-0.15, -0.1) is 12.4 Å². The molecular weight excluding hydrogens is 365 g/mol. The Morgan fingerprint density at radius 3 is 2.44 bits per heavy atom. The average Bonchev–Trinajstić information content (AvgIpc) is 2.54. The maximum absolute atomic E-state index is 12.4. The topological polar surface area (TPSA) is 93.4 Å². The average molecular weight is 390 g/mol. The molecule has 0 saturated heterocycles. The summed E-state index contributed by atoms with van der Waals surface area (Å²) in [4.78, 5) is 24.4. The van der Waals surface area contributed by atoms with Gasteiger partial charge in [0, 0.05) is 29.2 Å². The van der Waals surface area contributed by atoms with Crippen LogP contribution in [0.5, 0.6) is 0 Å². The zero-order valence-corrected chi connectivity index (χ0v) is 16.2. The molecule has 2 rings (SSSR count). The monoisotopic (exact) mass is 389 g/mol. The Morgan fingerprint density at radius 2 is 1.92 bits per heavy atom. The first-order chi connectivity index (χ1) is 11.2. The van der Waals surface area contributed by atoms with Crippen LogP contribution >= 0.6 is 24.0 Å². The van der Waals surface area contributed by atoms with E-state index in [0.29, 0.717) is 23.7 Å². The van der Waals surface area contributed by atoms with E-state index >= 15 is 0 Å². The van der Waals surface area contributed by atoms with Gasteiger partial charge in [-0.3, -0.25) is 9.59 Å². The lowest BCUT2D eigenvalue weighted by molar-refractivity contribution is -0.170. The van der Waals surface area contributed by atoms with Crippen LogP contribution in [0.1, 0.15) is 27.2 Å². The number of nitrogens with two attached hydrogens (primary N) is 1. The highest BCUT2D eigenvalue weighted by Gasteiger charge is 2.62. The summed E-state index contributed by atoms with van der Waals surface area (Å²) in [6, 6.07) is 6.73. The van der Waals surface area contributed by atoms with Gasteiger partial charge in [0.15, 0.2) is 0 Å². The van der Waals surface area contributed by atoms with Crippen molar-refractivity contribution in [3.8, 4) is 0 Å². The van der Waals surface area contributed by atoms with Gasteiger partial charge in [-0.2, -0.15) is 0 Å². The van der Waals surface area contributed by atoms with Gasteiger partial charge in [0.25, 0.3) is 0 Å². The molecule has 2 amide bonds. The van der Waals surface area contributed by atoms with Gasteiger partial charge < -0.3 is 21.1 Å². The maximum Gasteiger partial charge on any atom is 0.243 e. The molecule has 8 heteroatoms. The number of carbonyl (C=O) groups excluding carboxylic acids is 2. The molecule has 2 atom stereocenters. The molecule has 25 heavy (non-hydrogen) atoms. The minimum absolute atomic E-state index is 0. The zero-order chi connectivity index (χ0) is 18.0. The molecule has 0 heterocycles. The molecule has 0 spiro atoms. The van der Waals surface area contributed by atoms with Gasteiger partial charge in [-0.25, -0.2) is 0 Å². The highest BCUT2D eigenvalue weighted by atomic mass is 35.5. The third-order valence-corrected chi connectivity index (χ3v) is 5.02. The SMILES string of the molecule is CCOC1CC(N)(C(=O)NCC(=O)Nc2ccc(Cl)cc2)C1(C)C.Cl. The molecule has 0 aliphatic heterocycles. The largest absolute Gasteiger partial charge is 0.378 e. The Morgan fingerprint density at radius 1 is 1.32 bits per heavy atom. The number of hydrogen-bond donors (Lipinski definition) is 3. The van der Waals surface area contributed by atoms with Crippen LogP contribution in [0.2, 0.25) is 5.02 Å². The molecule has 2 unspecified atom stereocenters. The van der Waals surface area contributed by atoms with Crippen molar-refractivity contribution in [1.29, 1.82) is 0 Å². The normalized spacial score (nSPS) is 23.8. The second-order valence-electron chi connectivity index (χ2n) is 6.58. The molecule has 1 fully saturated rings. The Kier molecular flexibility index (Phi) is 7.26. The molecule has 4 N–H and O–H groups in total. The molecule has 1 aliphatic rings. The Bertz CT molecular complexity index is 622. The van der Waals surface area contributed by atoms with Gasteiger partial charge in [-0.1, -0.05) is 25.4 Å². The van der Waals surface area contributed by atoms with Crippen molar-refractivity contribution in [1.82, 2.24) is 5.32 Å². The summed E-state index contributed by atoms with van der Waals surface area (Å²) in [5.41, 5.74) is 5.35. The summed E-state index contributed by atoms with van der Waals surface area (Å²) in [6.07, 6.45) is 0.388. The van der Waals surface area contributed by atoms with E-state index in [4.69, 9.17) is 22.1 Å². The second-order valence-corrected chi connectivity index (χ2v) is 7.02. The molecule has 0 bridgehead atoms. The van der Waals surface area contributed by atoms with Gasteiger partial charge in [0.1, 0.15) is 5.54 Å². The molecule has 1 aromatic rings. The van der Waals surface area contributed by atoms with Gasteiger partial charge in [0.2, 0.25) is 11.8 Å². The first kappa shape index (κ1) is 21.7. The third kappa shape index (κ3) is 4.44. The molecule has 140 valence electrons. The Hall–Kier alpha value is -1.34. The lowest BCUT2D eigenvalue weighted by atomic mass is 9.54. The minimum atomic E-state index is -1.03. The second kappa shape index (κ2) is 8.36. The first-order valence-corrected chi connectivity index (χ1v) is 8.32. The minimum Gasteiger partial charge on any atom is -0.378 e. The summed E-state index contributed by atoms with van der Waals surface area (Å²) >= 11 is 5.79. The summed E-state index contributed by atoms with van der Waals surface area (Å²) in [5.74, 6) is -0.664. The van der Waals surface area contributed by atoms with Crippen LogP contribution in [0.4, 0.5) is 5.69 Å². The number of benzene rings is 1. The van der Waals surface area contributed by atoms with E-state index in [9.17, 15) is 9.59 Å². The maximum atomic E-state index is 12.4. The van der Waals surface area contributed by atoms with E-state index in [1.165, 1.54) is 0 Å². The third-order valence-electron chi connectivity index (χ3n) is 4.77. The van der Waals surface area contributed by atoms with Crippen molar-refractivity contribution in [2.24, 2.45) is 11.1 Å². The smallest absolute Gasteiger partial charge is 0.243 e. The summed E-state index contributed by atoms with van der Waals surface area (Å²) in [6.45, 7) is 6.16. The van der Waals surface area contributed by atoms with Crippen LogP contribution in [-0.4, -0.2) is 36.6 Å². The lowest BCUT2D eigenvalue weighted by Crippen LogP contribution is -2.76. The number of carbonyl (C=O) groups is 2. The molecule has 0 radical (unpaired) electrons. The number of ether oxygens (including phenoxy) is 1. The fraction of sp³-hybridized carbons (Fsp3) is 0.529. The predicted molar refractivity (Wildman–Crippen MR) is 101 cm³/mol. The predicted octanol–water partition coefficient (Wildman–Crippen LogP) is 2.35. The van der Waals surface area contributed by atoms with Gasteiger partial charge in [-0.05, 0) is 31.2 Å². The van der Waals surface area contributed by atoms with Crippen molar-refractivity contribution in [3.63, 3.8) is 0 Å². The van der Waals surface area contributed by atoms with Crippen LogP contribution in [0.15, 0.2) is 24.3 Å². The van der Waals surface area contributed by atoms with E-state index < -0.39 is 11.0 Å². The summed E-state index contributed by atoms with van der Waals surface area (Å²) in [7, 11) is 0. The van der Waals surface area contributed by atoms with E-state index in [1.807, 2.05) is 20.8 Å². The highest BCUT2D eigenvalue weighted by molar-refractivity contribution is 6.30. The van der Waals surface area contributed by atoms with Crippen molar-refractivity contribution < 1.29 is 14.3 Å².